The zero-order chi connectivity index (χ0) is 20.0. The van der Waals surface area contributed by atoms with Crippen LogP contribution in [0.2, 0.25) is 5.15 Å². The molecule has 28 heavy (non-hydrogen) atoms. The topological polar surface area (TPSA) is 86.5 Å². The smallest absolute Gasteiger partial charge is 0.304 e. The van der Waals surface area contributed by atoms with Crippen LogP contribution in [-0.4, -0.2) is 43.9 Å². The fourth-order valence-electron chi connectivity index (χ4n) is 2.99. The molecule has 1 aliphatic heterocycles. The fraction of sp³-hybridized carbons (Fsp3) is 0.368. The average molecular weight is 421 g/mol. The normalized spacial score (nSPS) is 16.1. The van der Waals surface area contributed by atoms with Gasteiger partial charge in [0.15, 0.2) is 0 Å². The largest absolute Gasteiger partial charge is 0.494 e. The Morgan fingerprint density at radius 1 is 1.14 bits per heavy atom. The third kappa shape index (κ3) is 4.93. The Balaban J connectivity index is 1.41. The quantitative estimate of drug-likeness (QED) is 0.483. The summed E-state index contributed by atoms with van der Waals surface area (Å²) < 4.78 is 33.9. The molecule has 1 aromatic heterocycles. The van der Waals surface area contributed by atoms with Crippen LogP contribution in [0.15, 0.2) is 42.6 Å². The van der Waals surface area contributed by atoms with Gasteiger partial charge in [0.25, 0.3) is 0 Å². The molecule has 0 N–H and O–H groups in total. The molecule has 0 aliphatic carbocycles. The van der Waals surface area contributed by atoms with Crippen molar-refractivity contribution in [1.82, 2.24) is 9.29 Å². The van der Waals surface area contributed by atoms with Gasteiger partial charge in [0.2, 0.25) is 0 Å². The van der Waals surface area contributed by atoms with Gasteiger partial charge in [-0.1, -0.05) is 11.6 Å². The Hall–Kier alpha value is -2.34. The van der Waals surface area contributed by atoms with Crippen molar-refractivity contribution in [3.63, 3.8) is 0 Å². The van der Waals surface area contributed by atoms with Crippen LogP contribution in [-0.2, 0) is 10.2 Å². The zero-order valence-electron chi connectivity index (χ0n) is 15.3. The monoisotopic (exact) mass is 420 g/mol. The molecule has 0 atom stereocenters. The van der Waals surface area contributed by atoms with Crippen LogP contribution in [0.1, 0.15) is 24.8 Å². The maximum Gasteiger partial charge on any atom is 0.304 e. The van der Waals surface area contributed by atoms with E-state index in [2.05, 4.69) is 11.1 Å². The van der Waals surface area contributed by atoms with Gasteiger partial charge in [-0.3, -0.25) is 4.31 Å². The summed E-state index contributed by atoms with van der Waals surface area (Å²) in [6, 6.07) is 12.3. The first-order valence-corrected chi connectivity index (χ1v) is 10.8. The molecule has 1 aromatic carbocycles. The van der Waals surface area contributed by atoms with E-state index in [1.165, 1.54) is 14.8 Å². The molecule has 9 heteroatoms. The van der Waals surface area contributed by atoms with Gasteiger partial charge < -0.3 is 4.74 Å². The highest BCUT2D eigenvalue weighted by molar-refractivity contribution is 7.90. The van der Waals surface area contributed by atoms with E-state index >= 15 is 0 Å². The zero-order valence-corrected chi connectivity index (χ0v) is 16.9. The lowest BCUT2D eigenvalue weighted by Crippen LogP contribution is -2.33. The number of pyridine rings is 1. The number of hydrogen-bond acceptors (Lipinski definition) is 5. The summed E-state index contributed by atoms with van der Waals surface area (Å²) in [5, 5.41) is 9.04. The number of nitriles is 1. The van der Waals surface area contributed by atoms with Crippen LogP contribution in [0.25, 0.3) is 0 Å². The molecule has 0 bridgehead atoms. The van der Waals surface area contributed by atoms with Gasteiger partial charge in [-0.2, -0.15) is 18.0 Å². The summed E-state index contributed by atoms with van der Waals surface area (Å²) in [6.45, 7) is 1.91. The van der Waals surface area contributed by atoms with E-state index in [0.717, 1.165) is 25.0 Å². The number of anilines is 1. The average Bonchev–Trinajstić information content (AvgIpc) is 2.99. The number of aromatic nitrogens is 1. The van der Waals surface area contributed by atoms with Crippen LogP contribution in [0, 0.1) is 11.3 Å². The van der Waals surface area contributed by atoms with Crippen LogP contribution in [0.5, 0.6) is 5.75 Å². The molecule has 0 unspecified atom stereocenters. The number of halogens is 1. The van der Waals surface area contributed by atoms with Gasteiger partial charge in [0.05, 0.1) is 23.9 Å². The number of nitrogens with zero attached hydrogens (tertiary/aromatic N) is 4. The van der Waals surface area contributed by atoms with Crippen molar-refractivity contribution in [2.45, 2.75) is 19.3 Å². The van der Waals surface area contributed by atoms with Gasteiger partial charge in [-0.25, -0.2) is 4.98 Å². The maximum atomic E-state index is 12.7. The summed E-state index contributed by atoms with van der Waals surface area (Å²) in [5.74, 6) is 0.729. The van der Waals surface area contributed by atoms with Gasteiger partial charge in [-0.05, 0) is 55.7 Å². The molecule has 0 radical (unpaired) electrons. The predicted octanol–water partition coefficient (Wildman–Crippen LogP) is 3.22. The minimum absolute atomic E-state index is 0.272. The first-order valence-electron chi connectivity index (χ1n) is 9.03. The molecular weight excluding hydrogens is 400 g/mol. The summed E-state index contributed by atoms with van der Waals surface area (Å²) in [4.78, 5) is 3.89. The Morgan fingerprint density at radius 2 is 1.93 bits per heavy atom. The van der Waals surface area contributed by atoms with Crippen LogP contribution >= 0.6 is 11.6 Å². The van der Waals surface area contributed by atoms with Gasteiger partial charge in [-0.15, -0.1) is 0 Å². The second-order valence-corrected chi connectivity index (χ2v) is 8.60. The molecule has 7 nitrogen and oxygen atoms in total. The molecule has 1 fully saturated rings. The summed E-state index contributed by atoms with van der Waals surface area (Å²) >= 11 is 5.87. The molecular formula is C19H21ClN4O3S. The third-order valence-electron chi connectivity index (χ3n) is 4.46. The third-order valence-corrected chi connectivity index (χ3v) is 6.63. The second kappa shape index (κ2) is 9.24. The first kappa shape index (κ1) is 20.4. The highest BCUT2D eigenvalue weighted by Crippen LogP contribution is 2.26. The van der Waals surface area contributed by atoms with Crippen molar-refractivity contribution < 1.29 is 13.2 Å². The lowest BCUT2D eigenvalue weighted by atomic mass is 10.2. The van der Waals surface area contributed by atoms with E-state index in [1.807, 2.05) is 0 Å². The van der Waals surface area contributed by atoms with Gasteiger partial charge in [0.1, 0.15) is 10.9 Å². The predicted molar refractivity (Wildman–Crippen MR) is 108 cm³/mol. The Bertz CT molecular complexity index is 944. The fourth-order valence-corrected chi connectivity index (χ4v) is 4.80. The lowest BCUT2D eigenvalue weighted by Gasteiger charge is -2.20. The molecule has 3 rings (SSSR count). The number of hydrogen-bond donors (Lipinski definition) is 0. The Morgan fingerprint density at radius 3 is 2.64 bits per heavy atom. The van der Waals surface area contributed by atoms with E-state index in [1.54, 1.807) is 36.4 Å². The van der Waals surface area contributed by atoms with Crippen molar-refractivity contribution in [2.75, 3.05) is 30.5 Å². The highest BCUT2D eigenvalue weighted by Gasteiger charge is 2.36. The number of rotatable bonds is 8. The standard InChI is InChI=1S/C19H21ClN4O3S/c20-19-14-17(8-9-22-19)24-12-11-23(28(24,25)26)10-2-1-3-13-27-18-6-4-16(15-21)5-7-18/h4-9,14H,1-3,10-13H2. The van der Waals surface area contributed by atoms with Gasteiger partial charge in [0, 0.05) is 25.8 Å². The number of unbranched alkanes of at least 4 members (excludes halogenated alkanes) is 2. The molecule has 0 spiro atoms. The van der Waals surface area contributed by atoms with E-state index in [4.69, 9.17) is 21.6 Å². The second-order valence-electron chi connectivity index (χ2n) is 6.36. The van der Waals surface area contributed by atoms with Crippen molar-refractivity contribution in [3.05, 3.63) is 53.3 Å². The molecule has 1 aliphatic rings. The summed E-state index contributed by atoms with van der Waals surface area (Å²) in [5.41, 5.74) is 1.14. The minimum Gasteiger partial charge on any atom is -0.494 e. The van der Waals surface area contributed by atoms with Crippen molar-refractivity contribution >= 4 is 27.5 Å². The first-order chi connectivity index (χ1) is 13.5. The van der Waals surface area contributed by atoms with Crippen molar-refractivity contribution in [2.24, 2.45) is 0 Å². The van der Waals surface area contributed by atoms with E-state index in [9.17, 15) is 8.42 Å². The van der Waals surface area contributed by atoms with E-state index in [-0.39, 0.29) is 5.15 Å². The molecule has 0 amide bonds. The minimum atomic E-state index is -3.52. The maximum absolute atomic E-state index is 12.7. The van der Waals surface area contributed by atoms with E-state index < -0.39 is 10.2 Å². The van der Waals surface area contributed by atoms with Crippen LogP contribution in [0.3, 0.4) is 0 Å². The molecule has 1 saturated heterocycles. The highest BCUT2D eigenvalue weighted by atomic mass is 35.5. The molecule has 2 heterocycles. The Kier molecular flexibility index (Phi) is 6.73. The Labute approximate surface area is 170 Å². The summed E-state index contributed by atoms with van der Waals surface area (Å²) in [6.07, 6.45) is 3.96. The van der Waals surface area contributed by atoms with Crippen molar-refractivity contribution in [1.29, 1.82) is 5.26 Å². The molecule has 0 saturated carbocycles. The number of benzene rings is 1. The summed E-state index contributed by atoms with van der Waals surface area (Å²) in [7, 11) is -3.52. The number of ether oxygens (including phenoxy) is 1. The SMILES string of the molecule is N#Cc1ccc(OCCCCCN2CCN(c3ccnc(Cl)c3)S2(=O)=O)cc1. The molecule has 148 valence electrons. The van der Waals surface area contributed by atoms with Gasteiger partial charge >= 0.3 is 10.2 Å². The van der Waals surface area contributed by atoms with E-state index in [0.29, 0.717) is 37.5 Å². The van der Waals surface area contributed by atoms with Crippen LogP contribution in [0.4, 0.5) is 5.69 Å². The molecule has 2 aromatic rings. The lowest BCUT2D eigenvalue weighted by molar-refractivity contribution is 0.302. The van der Waals surface area contributed by atoms with Crippen molar-refractivity contribution in [3.8, 4) is 11.8 Å². The van der Waals surface area contributed by atoms with Crippen LogP contribution < -0.4 is 9.04 Å².